The van der Waals surface area contributed by atoms with Crippen molar-refractivity contribution in [3.63, 3.8) is 0 Å². The molecule has 1 N–H and O–H groups in total. The summed E-state index contributed by atoms with van der Waals surface area (Å²) in [5.41, 5.74) is 0.185. The molecule has 0 saturated heterocycles. The van der Waals surface area contributed by atoms with Gasteiger partial charge in [-0.2, -0.15) is 8.78 Å². The van der Waals surface area contributed by atoms with Crippen molar-refractivity contribution in [1.82, 2.24) is 0 Å². The molecule has 0 heterocycles. The van der Waals surface area contributed by atoms with Crippen molar-refractivity contribution in [3.05, 3.63) is 29.8 Å². The number of alkyl halides is 2. The van der Waals surface area contributed by atoms with Crippen molar-refractivity contribution < 1.29 is 33.0 Å². The van der Waals surface area contributed by atoms with Crippen LogP contribution in [0.15, 0.2) is 24.3 Å². The highest BCUT2D eigenvalue weighted by Crippen LogP contribution is 2.13. The molecule has 19 heavy (non-hydrogen) atoms. The molecule has 104 valence electrons. The lowest BCUT2D eigenvalue weighted by atomic mass is 10.2. The van der Waals surface area contributed by atoms with Gasteiger partial charge in [-0.3, -0.25) is 0 Å². The first-order chi connectivity index (χ1) is 8.80. The van der Waals surface area contributed by atoms with Crippen LogP contribution in [0.3, 0.4) is 0 Å². The van der Waals surface area contributed by atoms with E-state index in [1.807, 2.05) is 0 Å². The minimum absolute atomic E-state index is 0.00402. The lowest BCUT2D eigenvalue weighted by Gasteiger charge is -2.10. The molecule has 1 aromatic carbocycles. The molecule has 0 unspecified atom stereocenters. The summed E-state index contributed by atoms with van der Waals surface area (Å²) in [6.07, 6.45) is 0. The molecule has 0 spiro atoms. The number of benzene rings is 1. The van der Waals surface area contributed by atoms with Crippen LogP contribution in [0.4, 0.5) is 8.78 Å². The van der Waals surface area contributed by atoms with Gasteiger partial charge in [0.2, 0.25) is 0 Å². The largest absolute Gasteiger partial charge is 0.508 e. The first-order valence-corrected chi connectivity index (χ1v) is 5.32. The molecule has 0 aliphatic carbocycles. The molecule has 1 rings (SSSR count). The van der Waals surface area contributed by atoms with Crippen LogP contribution in [0.25, 0.3) is 0 Å². The highest BCUT2D eigenvalue weighted by atomic mass is 19.3. The van der Waals surface area contributed by atoms with Gasteiger partial charge in [-0.25, -0.2) is 9.59 Å². The minimum atomic E-state index is -3.57. The number of phenolic OH excluding ortho intramolecular Hbond substituents is 1. The van der Waals surface area contributed by atoms with E-state index in [2.05, 4.69) is 9.47 Å². The second kappa shape index (κ2) is 6.12. The van der Waals surface area contributed by atoms with Gasteiger partial charge in [0.25, 0.3) is 0 Å². The van der Waals surface area contributed by atoms with E-state index in [1.165, 1.54) is 24.3 Å². The van der Waals surface area contributed by atoms with Crippen molar-refractivity contribution in [2.24, 2.45) is 0 Å². The van der Waals surface area contributed by atoms with E-state index >= 15 is 0 Å². The molecule has 0 aliphatic heterocycles. The summed E-state index contributed by atoms with van der Waals surface area (Å²) in [5, 5.41) is 9.01. The SMILES string of the molecule is CC(F)(F)C(=O)OCCOC(=O)c1ccc(O)cc1. The molecule has 1 aromatic rings. The van der Waals surface area contributed by atoms with Gasteiger partial charge in [-0.05, 0) is 24.3 Å². The van der Waals surface area contributed by atoms with Crippen LogP contribution >= 0.6 is 0 Å². The summed E-state index contributed by atoms with van der Waals surface area (Å²) in [6, 6.07) is 5.27. The fraction of sp³-hybridized carbons (Fsp3) is 0.333. The van der Waals surface area contributed by atoms with E-state index < -0.39 is 24.5 Å². The van der Waals surface area contributed by atoms with Gasteiger partial charge in [-0.15, -0.1) is 0 Å². The van der Waals surface area contributed by atoms with Crippen LogP contribution in [0, 0.1) is 0 Å². The molecular weight excluding hydrogens is 262 g/mol. The topological polar surface area (TPSA) is 72.8 Å². The predicted octanol–water partition coefficient (Wildman–Crippen LogP) is 1.75. The Morgan fingerprint density at radius 3 is 2.21 bits per heavy atom. The van der Waals surface area contributed by atoms with E-state index in [-0.39, 0.29) is 17.9 Å². The summed E-state index contributed by atoms with van der Waals surface area (Å²) in [5.74, 6) is -5.95. The zero-order valence-electron chi connectivity index (χ0n) is 10.1. The monoisotopic (exact) mass is 274 g/mol. The summed E-state index contributed by atoms with van der Waals surface area (Å²) in [4.78, 5) is 22.1. The Kier molecular flexibility index (Phi) is 4.80. The molecular formula is C12H12F2O5. The number of carbonyl (C=O) groups is 2. The fourth-order valence-corrected chi connectivity index (χ4v) is 1.08. The van der Waals surface area contributed by atoms with Crippen molar-refractivity contribution in [1.29, 1.82) is 0 Å². The highest BCUT2D eigenvalue weighted by Gasteiger charge is 2.34. The van der Waals surface area contributed by atoms with Crippen LogP contribution in [-0.2, 0) is 14.3 Å². The summed E-state index contributed by atoms with van der Waals surface area (Å²) in [6.45, 7) is -0.370. The van der Waals surface area contributed by atoms with Gasteiger partial charge in [0, 0.05) is 6.92 Å². The Morgan fingerprint density at radius 1 is 1.16 bits per heavy atom. The second-order valence-corrected chi connectivity index (χ2v) is 3.71. The summed E-state index contributed by atoms with van der Waals surface area (Å²) < 4.78 is 33.7. The minimum Gasteiger partial charge on any atom is -0.508 e. The van der Waals surface area contributed by atoms with Crippen LogP contribution in [0.1, 0.15) is 17.3 Å². The Bertz CT molecular complexity index is 450. The lowest BCUT2D eigenvalue weighted by Crippen LogP contribution is -2.28. The fourth-order valence-electron chi connectivity index (χ4n) is 1.08. The summed E-state index contributed by atoms with van der Waals surface area (Å²) >= 11 is 0. The van der Waals surface area contributed by atoms with Crippen LogP contribution < -0.4 is 0 Å². The first kappa shape index (κ1) is 14.9. The zero-order valence-corrected chi connectivity index (χ0v) is 10.1. The number of carbonyl (C=O) groups excluding carboxylic acids is 2. The van der Waals surface area contributed by atoms with Crippen molar-refractivity contribution in [3.8, 4) is 5.75 Å². The third kappa shape index (κ3) is 4.90. The smallest absolute Gasteiger partial charge is 0.376 e. The van der Waals surface area contributed by atoms with Crippen LogP contribution in [0.2, 0.25) is 0 Å². The Labute approximate surface area is 107 Å². The zero-order chi connectivity index (χ0) is 14.5. The number of ether oxygens (including phenoxy) is 2. The molecule has 0 atom stereocenters. The van der Waals surface area contributed by atoms with Crippen molar-refractivity contribution in [2.75, 3.05) is 13.2 Å². The van der Waals surface area contributed by atoms with Crippen molar-refractivity contribution >= 4 is 11.9 Å². The lowest BCUT2D eigenvalue weighted by molar-refractivity contribution is -0.170. The normalized spacial score (nSPS) is 10.9. The third-order valence-electron chi connectivity index (χ3n) is 2.01. The molecule has 0 amide bonds. The molecule has 0 radical (unpaired) electrons. The highest BCUT2D eigenvalue weighted by molar-refractivity contribution is 5.89. The molecule has 7 heteroatoms. The van der Waals surface area contributed by atoms with Crippen molar-refractivity contribution in [2.45, 2.75) is 12.8 Å². The van der Waals surface area contributed by atoms with E-state index in [0.29, 0.717) is 6.92 Å². The molecule has 0 saturated carbocycles. The predicted molar refractivity (Wildman–Crippen MR) is 60.0 cm³/mol. The molecule has 0 aliphatic rings. The number of halogens is 2. The average Bonchev–Trinajstić information content (AvgIpc) is 2.33. The van der Waals surface area contributed by atoms with E-state index in [0.717, 1.165) is 0 Å². The maximum Gasteiger partial charge on any atom is 0.376 e. The van der Waals surface area contributed by atoms with Gasteiger partial charge in [-0.1, -0.05) is 0 Å². The third-order valence-corrected chi connectivity index (χ3v) is 2.01. The van der Waals surface area contributed by atoms with Gasteiger partial charge in [0.1, 0.15) is 19.0 Å². The Balaban J connectivity index is 2.32. The Hall–Kier alpha value is -2.18. The van der Waals surface area contributed by atoms with E-state index in [4.69, 9.17) is 5.11 Å². The number of esters is 2. The molecule has 0 fully saturated rings. The first-order valence-electron chi connectivity index (χ1n) is 5.32. The number of hydrogen-bond acceptors (Lipinski definition) is 5. The molecule has 5 nitrogen and oxygen atoms in total. The number of hydrogen-bond donors (Lipinski definition) is 1. The molecule has 0 aromatic heterocycles. The Morgan fingerprint density at radius 2 is 1.68 bits per heavy atom. The number of aromatic hydroxyl groups is 1. The standard InChI is InChI=1S/C12H12F2O5/c1-12(13,14)11(17)19-7-6-18-10(16)8-2-4-9(15)5-3-8/h2-5,15H,6-7H2,1H3. The number of phenols is 1. The van der Waals surface area contributed by atoms with E-state index in [1.54, 1.807) is 0 Å². The van der Waals surface area contributed by atoms with Crippen LogP contribution in [-0.4, -0.2) is 36.2 Å². The quantitative estimate of drug-likeness (QED) is 0.654. The van der Waals surface area contributed by atoms with E-state index in [9.17, 15) is 18.4 Å². The average molecular weight is 274 g/mol. The number of rotatable bonds is 5. The van der Waals surface area contributed by atoms with Gasteiger partial charge < -0.3 is 14.6 Å². The van der Waals surface area contributed by atoms with Gasteiger partial charge >= 0.3 is 17.9 Å². The maximum absolute atomic E-state index is 12.4. The maximum atomic E-state index is 12.4. The summed E-state index contributed by atoms with van der Waals surface area (Å²) in [7, 11) is 0. The van der Waals surface area contributed by atoms with Gasteiger partial charge in [0.15, 0.2) is 0 Å². The molecule has 0 bridgehead atoms. The second-order valence-electron chi connectivity index (χ2n) is 3.71. The van der Waals surface area contributed by atoms with Gasteiger partial charge in [0.05, 0.1) is 5.56 Å². The van der Waals surface area contributed by atoms with Crippen LogP contribution in [0.5, 0.6) is 5.75 Å².